The molecule has 6 nitrogen and oxygen atoms in total. The highest BCUT2D eigenvalue weighted by Gasteiger charge is 2.30. The van der Waals surface area contributed by atoms with E-state index in [0.717, 1.165) is 16.7 Å². The van der Waals surface area contributed by atoms with E-state index in [9.17, 15) is 9.59 Å². The van der Waals surface area contributed by atoms with Crippen molar-refractivity contribution in [2.75, 3.05) is 19.8 Å². The summed E-state index contributed by atoms with van der Waals surface area (Å²) in [5, 5.41) is 3.86. The number of ether oxygens (including phenoxy) is 2. The van der Waals surface area contributed by atoms with Gasteiger partial charge in [-0.2, -0.15) is 0 Å². The first-order valence-corrected chi connectivity index (χ1v) is 14.0. The summed E-state index contributed by atoms with van der Waals surface area (Å²) in [4.78, 5) is 28.8. The minimum absolute atomic E-state index is 0.153. The minimum Gasteiger partial charge on any atom is -0.490 e. The van der Waals surface area contributed by atoms with E-state index in [-0.39, 0.29) is 24.8 Å². The highest BCUT2D eigenvalue weighted by atomic mass is 35.5. The Balaban J connectivity index is 1.90. The van der Waals surface area contributed by atoms with Crippen LogP contribution in [0.3, 0.4) is 0 Å². The molecular weight excluding hydrogens is 535 g/mol. The van der Waals surface area contributed by atoms with Crippen molar-refractivity contribution < 1.29 is 19.1 Å². The van der Waals surface area contributed by atoms with Gasteiger partial charge in [0.15, 0.2) is 11.5 Å². The van der Waals surface area contributed by atoms with Crippen LogP contribution in [0.2, 0.25) is 10.0 Å². The van der Waals surface area contributed by atoms with Crippen LogP contribution in [0.25, 0.3) is 0 Å². The Labute approximate surface area is 241 Å². The van der Waals surface area contributed by atoms with Crippen LogP contribution >= 0.6 is 23.2 Å². The molecule has 3 aromatic carbocycles. The molecule has 0 radical (unpaired) electrons. The third-order valence-corrected chi connectivity index (χ3v) is 6.80. The van der Waals surface area contributed by atoms with E-state index in [2.05, 4.69) is 5.32 Å². The second-order valence-electron chi connectivity index (χ2n) is 9.00. The largest absolute Gasteiger partial charge is 0.490 e. The van der Waals surface area contributed by atoms with E-state index in [0.29, 0.717) is 54.1 Å². The molecule has 3 aromatic rings. The molecule has 0 spiro atoms. The van der Waals surface area contributed by atoms with Gasteiger partial charge in [-0.05, 0) is 68.1 Å². The lowest BCUT2D eigenvalue weighted by molar-refractivity contribution is -0.141. The van der Waals surface area contributed by atoms with Crippen molar-refractivity contribution in [2.45, 2.75) is 52.6 Å². The van der Waals surface area contributed by atoms with E-state index in [4.69, 9.17) is 32.7 Å². The number of carbonyl (C=O) groups is 2. The van der Waals surface area contributed by atoms with Crippen molar-refractivity contribution >= 4 is 35.0 Å². The van der Waals surface area contributed by atoms with Crippen molar-refractivity contribution in [3.8, 4) is 11.5 Å². The maximum atomic E-state index is 13.8. The molecule has 0 saturated carbocycles. The highest BCUT2D eigenvalue weighted by Crippen LogP contribution is 2.29. The molecule has 0 aliphatic heterocycles. The van der Waals surface area contributed by atoms with Gasteiger partial charge in [0.25, 0.3) is 0 Å². The number of benzene rings is 3. The van der Waals surface area contributed by atoms with Crippen molar-refractivity contribution in [1.82, 2.24) is 10.2 Å². The first kappa shape index (κ1) is 30.3. The normalized spacial score (nSPS) is 11.5. The van der Waals surface area contributed by atoms with Crippen molar-refractivity contribution in [3.05, 3.63) is 93.5 Å². The zero-order valence-corrected chi connectivity index (χ0v) is 24.2. The Morgan fingerprint density at radius 3 is 2.26 bits per heavy atom. The first-order valence-electron chi connectivity index (χ1n) is 13.3. The van der Waals surface area contributed by atoms with Crippen molar-refractivity contribution in [1.29, 1.82) is 0 Å². The summed E-state index contributed by atoms with van der Waals surface area (Å²) in [7, 11) is 0. The smallest absolute Gasteiger partial charge is 0.243 e. The molecule has 0 aliphatic carbocycles. The summed E-state index contributed by atoms with van der Waals surface area (Å²) in [6.45, 7) is 7.37. The molecule has 0 bridgehead atoms. The summed E-state index contributed by atoms with van der Waals surface area (Å²) >= 11 is 12.6. The first-order chi connectivity index (χ1) is 18.9. The molecule has 0 saturated heterocycles. The standard InChI is InChI=1S/C31H36Cl2N2O4/c1-4-34-31(37)27(18-22-10-8-7-9-11-22)35(21-24-14-15-25(32)20-26(24)33)30(36)17-13-23-12-16-28(38-5-2)29(19-23)39-6-3/h7-12,14-16,19-20,27H,4-6,13,17-18,21H2,1-3H3,(H,34,37)/t27-/m0/s1. The number of likely N-dealkylation sites (N-methyl/N-ethyl adjacent to an activating group) is 1. The predicted molar refractivity (Wildman–Crippen MR) is 157 cm³/mol. The number of nitrogens with one attached hydrogen (secondary N) is 1. The summed E-state index contributed by atoms with van der Waals surface area (Å²) in [6.07, 6.45) is 1.06. The topological polar surface area (TPSA) is 67.9 Å². The Kier molecular flexibility index (Phi) is 12.0. The zero-order valence-electron chi connectivity index (χ0n) is 22.7. The molecule has 3 rings (SSSR count). The lowest BCUT2D eigenvalue weighted by atomic mass is 10.0. The fraction of sp³-hybridized carbons (Fsp3) is 0.355. The van der Waals surface area contributed by atoms with E-state index < -0.39 is 6.04 Å². The number of hydrogen-bond donors (Lipinski definition) is 1. The molecule has 0 fully saturated rings. The third kappa shape index (κ3) is 8.91. The van der Waals surface area contributed by atoms with Crippen molar-refractivity contribution in [3.63, 3.8) is 0 Å². The average molecular weight is 572 g/mol. The number of rotatable bonds is 14. The van der Waals surface area contributed by atoms with Gasteiger partial charge in [0.2, 0.25) is 11.8 Å². The summed E-state index contributed by atoms with van der Waals surface area (Å²) < 4.78 is 11.4. The quantitative estimate of drug-likeness (QED) is 0.240. The molecule has 1 atom stereocenters. The van der Waals surface area contributed by atoms with Crippen LogP contribution in [0.15, 0.2) is 66.7 Å². The van der Waals surface area contributed by atoms with Gasteiger partial charge < -0.3 is 19.7 Å². The molecule has 1 N–H and O–H groups in total. The van der Waals surface area contributed by atoms with Gasteiger partial charge in [-0.3, -0.25) is 9.59 Å². The Morgan fingerprint density at radius 2 is 1.59 bits per heavy atom. The van der Waals surface area contributed by atoms with E-state index in [1.165, 1.54) is 0 Å². The molecule has 0 unspecified atom stereocenters. The molecule has 0 heterocycles. The summed E-state index contributed by atoms with van der Waals surface area (Å²) in [6, 6.07) is 19.9. The Bertz CT molecular complexity index is 1240. The van der Waals surface area contributed by atoms with Crippen LogP contribution in [0, 0.1) is 0 Å². The number of amides is 2. The van der Waals surface area contributed by atoms with E-state index in [1.54, 1.807) is 23.1 Å². The van der Waals surface area contributed by atoms with Crippen LogP contribution in [0.5, 0.6) is 11.5 Å². The lowest BCUT2D eigenvalue weighted by Crippen LogP contribution is -2.50. The van der Waals surface area contributed by atoms with Crippen molar-refractivity contribution in [2.24, 2.45) is 0 Å². The summed E-state index contributed by atoms with van der Waals surface area (Å²) in [5.41, 5.74) is 2.62. The number of nitrogens with zero attached hydrogens (tertiary/aromatic N) is 1. The predicted octanol–water partition coefficient (Wildman–Crippen LogP) is 6.50. The zero-order chi connectivity index (χ0) is 28.2. The molecule has 39 heavy (non-hydrogen) atoms. The summed E-state index contributed by atoms with van der Waals surface area (Å²) in [5.74, 6) is 0.963. The SMILES string of the molecule is CCNC(=O)[C@H](Cc1ccccc1)N(Cc1ccc(Cl)cc1Cl)C(=O)CCc1ccc(OCC)c(OCC)c1. The minimum atomic E-state index is -0.717. The van der Waals surface area contributed by atoms with E-state index >= 15 is 0 Å². The van der Waals surface area contributed by atoms with E-state index in [1.807, 2.05) is 69.3 Å². The van der Waals surface area contributed by atoms with Crippen LogP contribution < -0.4 is 14.8 Å². The van der Waals surface area contributed by atoms with Crippen LogP contribution in [-0.4, -0.2) is 42.5 Å². The fourth-order valence-corrected chi connectivity index (χ4v) is 4.79. The molecule has 0 aromatic heterocycles. The molecule has 0 aliphatic rings. The number of halogens is 2. The lowest BCUT2D eigenvalue weighted by Gasteiger charge is -2.32. The van der Waals surface area contributed by atoms with Gasteiger partial charge in [0, 0.05) is 36.0 Å². The average Bonchev–Trinajstić information content (AvgIpc) is 2.92. The maximum Gasteiger partial charge on any atom is 0.243 e. The van der Waals surface area contributed by atoms with Crippen LogP contribution in [0.1, 0.15) is 43.9 Å². The Morgan fingerprint density at radius 1 is 0.872 bits per heavy atom. The van der Waals surface area contributed by atoms with Crippen LogP contribution in [-0.2, 0) is 29.0 Å². The monoisotopic (exact) mass is 570 g/mol. The van der Waals surface area contributed by atoms with Gasteiger partial charge in [-0.15, -0.1) is 0 Å². The molecule has 2 amide bonds. The molecule has 8 heteroatoms. The fourth-order valence-electron chi connectivity index (χ4n) is 4.33. The third-order valence-electron chi connectivity index (χ3n) is 6.21. The number of hydrogen-bond acceptors (Lipinski definition) is 4. The van der Waals surface area contributed by atoms with Crippen LogP contribution in [0.4, 0.5) is 0 Å². The van der Waals surface area contributed by atoms with Gasteiger partial charge >= 0.3 is 0 Å². The highest BCUT2D eigenvalue weighted by molar-refractivity contribution is 6.35. The number of carbonyl (C=O) groups excluding carboxylic acids is 2. The Hall–Kier alpha value is -3.22. The molecular formula is C31H36Cl2N2O4. The molecule has 208 valence electrons. The van der Waals surface area contributed by atoms with Gasteiger partial charge in [0.1, 0.15) is 6.04 Å². The second-order valence-corrected chi connectivity index (χ2v) is 9.85. The second kappa shape index (κ2) is 15.4. The maximum absolute atomic E-state index is 13.8. The van der Waals surface area contributed by atoms with Gasteiger partial charge in [-0.25, -0.2) is 0 Å². The number of aryl methyl sites for hydroxylation is 1. The van der Waals surface area contributed by atoms with Gasteiger partial charge in [0.05, 0.1) is 13.2 Å². The van der Waals surface area contributed by atoms with Gasteiger partial charge in [-0.1, -0.05) is 65.7 Å².